The molecule has 0 N–H and O–H groups in total. The first-order valence-electron chi connectivity index (χ1n) is 2.34. The molecule has 2 aromatic rings. The van der Waals surface area contributed by atoms with Gasteiger partial charge in [-0.25, -0.2) is 0 Å². The molecule has 13 heavy (non-hydrogen) atoms. The molecule has 0 radical (unpaired) electrons. The van der Waals surface area contributed by atoms with Gasteiger partial charge in [-0.2, -0.15) is 10.4 Å². The normalized spacial score (nSPS) is 7.69. The van der Waals surface area contributed by atoms with Crippen molar-refractivity contribution in [3.8, 4) is 11.6 Å². The third kappa shape index (κ3) is 3.79. The molecule has 0 aliphatic rings. The van der Waals surface area contributed by atoms with Crippen molar-refractivity contribution in [2.45, 2.75) is 7.43 Å². The molecule has 0 atom stereocenters. The van der Waals surface area contributed by atoms with Gasteiger partial charge in [-0.1, -0.05) is 7.43 Å². The molecule has 58 valence electrons. The molecule has 8 nitrogen and oxygen atoms in total. The second-order valence-electron chi connectivity index (χ2n) is 1.40. The number of rotatable bonds is 1. The van der Waals surface area contributed by atoms with E-state index in [4.69, 9.17) is 0 Å². The molecular weight excluding hydrogens is 194 g/mol. The van der Waals surface area contributed by atoms with Crippen molar-refractivity contribution in [2.24, 2.45) is 0 Å². The zero-order valence-corrected chi connectivity index (χ0v) is 10.6. The Morgan fingerprint density at radius 2 is 1.15 bits per heavy atom. The summed E-state index contributed by atoms with van der Waals surface area (Å²) in [6, 6.07) is 0. The molecule has 0 saturated heterocycles. The van der Waals surface area contributed by atoms with Crippen molar-refractivity contribution in [1.82, 2.24) is 41.2 Å². The monoisotopic (exact) mass is 198 g/mol. The predicted octanol–water partition coefficient (Wildman–Crippen LogP) is -7.72. The van der Waals surface area contributed by atoms with Crippen molar-refractivity contribution < 1.29 is 59.1 Å². The fourth-order valence-corrected chi connectivity index (χ4v) is 0.468. The minimum atomic E-state index is 0. The van der Waals surface area contributed by atoms with Crippen LogP contribution in [0.4, 0.5) is 0 Å². The van der Waals surface area contributed by atoms with Gasteiger partial charge in [0.2, 0.25) is 0 Å². The summed E-state index contributed by atoms with van der Waals surface area (Å²) >= 11 is 0. The van der Waals surface area contributed by atoms with Gasteiger partial charge < -0.3 is 10.2 Å². The first-order valence-corrected chi connectivity index (χ1v) is 2.34. The van der Waals surface area contributed by atoms with Gasteiger partial charge in [0.25, 0.3) is 0 Å². The van der Waals surface area contributed by atoms with Crippen molar-refractivity contribution in [1.29, 1.82) is 0 Å². The molecule has 2 aromatic heterocycles. The molecular formula is C3H4N8Na2. The van der Waals surface area contributed by atoms with Gasteiger partial charge in [0.05, 0.1) is 0 Å². The maximum absolute atomic E-state index is 3.48. The number of tetrazole rings is 2. The minimum absolute atomic E-state index is 0. The topological polar surface area (TPSA) is 106 Å². The first kappa shape index (κ1) is 15.6. The van der Waals surface area contributed by atoms with Crippen LogP contribution in [0.1, 0.15) is 7.43 Å². The van der Waals surface area contributed by atoms with Crippen LogP contribution in [-0.4, -0.2) is 31.1 Å². The van der Waals surface area contributed by atoms with Gasteiger partial charge in [0.1, 0.15) is 0 Å². The molecule has 10 heteroatoms. The Morgan fingerprint density at radius 1 is 0.769 bits per heavy atom. The average Bonchev–Trinajstić information content (AvgIpc) is 2.59. The molecule has 0 bridgehead atoms. The SMILES string of the molecule is C.[Na+].[Na+].n1n[n-]c(-c2nnn[n-]2)n1. The van der Waals surface area contributed by atoms with E-state index in [9.17, 15) is 0 Å². The van der Waals surface area contributed by atoms with Crippen LogP contribution in [-0.2, 0) is 0 Å². The van der Waals surface area contributed by atoms with Crippen molar-refractivity contribution in [3.05, 3.63) is 0 Å². The maximum Gasteiger partial charge on any atom is 1.00 e. The van der Waals surface area contributed by atoms with E-state index in [2.05, 4.69) is 41.2 Å². The van der Waals surface area contributed by atoms with Crippen LogP contribution in [0.25, 0.3) is 11.6 Å². The van der Waals surface area contributed by atoms with Crippen molar-refractivity contribution >= 4 is 0 Å². The van der Waals surface area contributed by atoms with Gasteiger partial charge in [0, 0.05) is 11.6 Å². The molecule has 2 heterocycles. The summed E-state index contributed by atoms with van der Waals surface area (Å²) in [5, 5.41) is 26.9. The molecule has 0 aliphatic heterocycles. The van der Waals surface area contributed by atoms with Crippen LogP contribution in [0.15, 0.2) is 0 Å². The van der Waals surface area contributed by atoms with E-state index in [0.717, 1.165) is 0 Å². The van der Waals surface area contributed by atoms with Gasteiger partial charge in [-0.15, -0.1) is 0 Å². The minimum Gasteiger partial charge on any atom is -0.330 e. The molecule has 0 aromatic carbocycles. The van der Waals surface area contributed by atoms with Crippen LogP contribution >= 0.6 is 0 Å². The van der Waals surface area contributed by atoms with E-state index < -0.39 is 0 Å². The van der Waals surface area contributed by atoms with Crippen LogP contribution in [0.5, 0.6) is 0 Å². The molecule has 0 spiro atoms. The molecule has 0 fully saturated rings. The standard InChI is InChI=1S/C2N8.CH4.2Na/c3-1(4-8-7-3)2-5-9-10-6-2;;;/h;1H4;;/q-2;;2*+1. The number of nitrogens with zero attached hydrogens (tertiary/aromatic N) is 8. The number of aromatic nitrogens is 8. The van der Waals surface area contributed by atoms with Crippen molar-refractivity contribution in [2.75, 3.05) is 0 Å². The summed E-state index contributed by atoms with van der Waals surface area (Å²) in [5.74, 6) is 0.481. The Kier molecular flexibility index (Phi) is 9.05. The van der Waals surface area contributed by atoms with Gasteiger partial charge in [-0.05, 0) is 0 Å². The van der Waals surface area contributed by atoms with E-state index in [-0.39, 0.29) is 78.2 Å². The van der Waals surface area contributed by atoms with E-state index in [0.29, 0.717) is 0 Å². The predicted molar refractivity (Wildman–Crippen MR) is 32.0 cm³/mol. The smallest absolute Gasteiger partial charge is 0.330 e. The maximum atomic E-state index is 3.48. The molecule has 0 aliphatic carbocycles. The van der Waals surface area contributed by atoms with E-state index in [1.807, 2.05) is 0 Å². The van der Waals surface area contributed by atoms with E-state index in [1.165, 1.54) is 0 Å². The van der Waals surface area contributed by atoms with Gasteiger partial charge in [-0.3, -0.25) is 20.6 Å². The summed E-state index contributed by atoms with van der Waals surface area (Å²) in [6.07, 6.45) is 0. The molecule has 2 rings (SSSR count). The number of hydrogen-bond acceptors (Lipinski definition) is 6. The Hall–Kier alpha value is 0.140. The fraction of sp³-hybridized carbons (Fsp3) is 0.333. The first-order chi connectivity index (χ1) is 4.97. The zero-order chi connectivity index (χ0) is 6.81. The summed E-state index contributed by atoms with van der Waals surface area (Å²) in [6.45, 7) is 0. The summed E-state index contributed by atoms with van der Waals surface area (Å²) in [5.41, 5.74) is 0. The Morgan fingerprint density at radius 3 is 1.38 bits per heavy atom. The third-order valence-electron chi connectivity index (χ3n) is 0.838. The largest absolute Gasteiger partial charge is 1.00 e. The molecule has 0 unspecified atom stereocenters. The summed E-state index contributed by atoms with van der Waals surface area (Å²) < 4.78 is 0. The van der Waals surface area contributed by atoms with E-state index >= 15 is 0 Å². The van der Waals surface area contributed by atoms with E-state index in [1.54, 1.807) is 0 Å². The third-order valence-corrected chi connectivity index (χ3v) is 0.838. The number of hydrogen-bond donors (Lipinski definition) is 0. The second kappa shape index (κ2) is 7.54. The van der Waals surface area contributed by atoms with Gasteiger partial charge in [0.15, 0.2) is 0 Å². The Balaban J connectivity index is 0. The van der Waals surface area contributed by atoms with Crippen molar-refractivity contribution in [3.63, 3.8) is 0 Å². The van der Waals surface area contributed by atoms with Crippen LogP contribution < -0.4 is 69.3 Å². The summed E-state index contributed by atoms with van der Waals surface area (Å²) in [4.78, 5) is 0. The van der Waals surface area contributed by atoms with Crippen LogP contribution in [0.3, 0.4) is 0 Å². The van der Waals surface area contributed by atoms with Crippen LogP contribution in [0, 0.1) is 0 Å². The Labute approximate surface area is 118 Å². The zero-order valence-electron chi connectivity index (χ0n) is 6.58. The average molecular weight is 198 g/mol. The second-order valence-corrected chi connectivity index (χ2v) is 1.40. The fourth-order valence-electron chi connectivity index (χ4n) is 0.468. The summed E-state index contributed by atoms with van der Waals surface area (Å²) in [7, 11) is 0. The van der Waals surface area contributed by atoms with Gasteiger partial charge >= 0.3 is 59.1 Å². The molecule has 0 amide bonds. The van der Waals surface area contributed by atoms with Crippen LogP contribution in [0.2, 0.25) is 0 Å². The Bertz CT molecular complexity index is 257. The quantitative estimate of drug-likeness (QED) is 0.416. The molecule has 0 saturated carbocycles.